The van der Waals surface area contributed by atoms with E-state index in [0.717, 1.165) is 24.3 Å². The van der Waals surface area contributed by atoms with Crippen molar-refractivity contribution < 1.29 is 9.53 Å². The fraction of sp³-hybridized carbons (Fsp3) is 0.533. The normalized spacial score (nSPS) is 12.0. The molecule has 0 bridgehead atoms. The van der Waals surface area contributed by atoms with Gasteiger partial charge in [0.15, 0.2) is 0 Å². The molecule has 2 N–H and O–H groups in total. The molecule has 1 rings (SSSR count). The largest absolute Gasteiger partial charge is 0.465 e. The van der Waals surface area contributed by atoms with Crippen molar-refractivity contribution in [3.63, 3.8) is 0 Å². The lowest BCUT2D eigenvalue weighted by Crippen LogP contribution is -2.34. The lowest BCUT2D eigenvalue weighted by atomic mass is 10.1. The Bertz CT molecular complexity index is 420. The second-order valence-electron chi connectivity index (χ2n) is 4.59. The molecule has 21 heavy (non-hydrogen) atoms. The summed E-state index contributed by atoms with van der Waals surface area (Å²) in [6.07, 6.45) is 0.462. The van der Waals surface area contributed by atoms with Gasteiger partial charge in [-0.2, -0.15) is 0 Å². The number of ether oxygens (including phenoxy) is 1. The van der Waals surface area contributed by atoms with E-state index in [9.17, 15) is 4.79 Å². The Kier molecular flexibility index (Phi) is 8.50. The predicted octanol–water partition coefficient (Wildman–Crippen LogP) is 2.40. The summed E-state index contributed by atoms with van der Waals surface area (Å²) in [6, 6.07) is 7.28. The Balaban J connectivity index is 2.66. The first-order valence-electron chi connectivity index (χ1n) is 7.00. The number of esters is 1. The van der Waals surface area contributed by atoms with Gasteiger partial charge in [-0.3, -0.25) is 4.79 Å². The molecule has 1 aromatic carbocycles. The van der Waals surface area contributed by atoms with Crippen molar-refractivity contribution in [2.75, 3.05) is 36.4 Å². The van der Waals surface area contributed by atoms with Gasteiger partial charge >= 0.3 is 5.97 Å². The topological polar surface area (TPSA) is 55.6 Å². The summed E-state index contributed by atoms with van der Waals surface area (Å²) in [7, 11) is 0. The molecule has 1 aromatic rings. The van der Waals surface area contributed by atoms with Crippen molar-refractivity contribution >= 4 is 34.9 Å². The van der Waals surface area contributed by atoms with Crippen molar-refractivity contribution in [2.45, 2.75) is 19.4 Å². The number of rotatable bonds is 9. The summed E-state index contributed by atoms with van der Waals surface area (Å²) in [5.41, 5.74) is 7.86. The van der Waals surface area contributed by atoms with E-state index in [1.807, 2.05) is 24.3 Å². The molecule has 0 heterocycles. The molecular formula is C15H22Cl2N2O2. The van der Waals surface area contributed by atoms with Crippen LogP contribution in [-0.2, 0) is 16.0 Å². The van der Waals surface area contributed by atoms with Crippen molar-refractivity contribution in [1.29, 1.82) is 0 Å². The molecule has 0 radical (unpaired) electrons. The Morgan fingerprint density at radius 3 is 2.29 bits per heavy atom. The minimum Gasteiger partial charge on any atom is -0.465 e. The van der Waals surface area contributed by atoms with Crippen LogP contribution in [0.25, 0.3) is 0 Å². The Morgan fingerprint density at radius 1 is 1.24 bits per heavy atom. The fourth-order valence-corrected chi connectivity index (χ4v) is 2.41. The molecule has 6 heteroatoms. The zero-order valence-corrected chi connectivity index (χ0v) is 13.7. The SMILES string of the molecule is CCOC(=O)C(N)Cc1ccc(N(CCCl)CCCl)cc1. The van der Waals surface area contributed by atoms with E-state index < -0.39 is 6.04 Å². The van der Waals surface area contributed by atoms with Gasteiger partial charge in [-0.1, -0.05) is 12.1 Å². The number of carbonyl (C=O) groups excluding carboxylic acids is 1. The summed E-state index contributed by atoms with van der Waals surface area (Å²) in [4.78, 5) is 13.6. The van der Waals surface area contributed by atoms with Gasteiger partial charge in [0.2, 0.25) is 0 Å². The fourth-order valence-electron chi connectivity index (χ4n) is 2.00. The summed E-state index contributed by atoms with van der Waals surface area (Å²) in [5.74, 6) is 0.728. The molecule has 0 aliphatic heterocycles. The minimum atomic E-state index is -0.627. The lowest BCUT2D eigenvalue weighted by molar-refractivity contribution is -0.144. The van der Waals surface area contributed by atoms with E-state index in [2.05, 4.69) is 4.90 Å². The molecule has 0 amide bonds. The van der Waals surface area contributed by atoms with E-state index >= 15 is 0 Å². The number of anilines is 1. The molecule has 0 saturated carbocycles. The number of benzene rings is 1. The van der Waals surface area contributed by atoms with E-state index in [4.69, 9.17) is 33.7 Å². The van der Waals surface area contributed by atoms with Gasteiger partial charge < -0.3 is 15.4 Å². The van der Waals surface area contributed by atoms with Crippen LogP contribution >= 0.6 is 23.2 Å². The maximum atomic E-state index is 11.5. The smallest absolute Gasteiger partial charge is 0.323 e. The van der Waals surface area contributed by atoms with Gasteiger partial charge in [0, 0.05) is 30.5 Å². The highest BCUT2D eigenvalue weighted by molar-refractivity contribution is 6.18. The van der Waals surface area contributed by atoms with Crippen molar-refractivity contribution in [2.24, 2.45) is 5.73 Å². The molecule has 1 atom stereocenters. The van der Waals surface area contributed by atoms with Gasteiger partial charge in [-0.05, 0) is 31.0 Å². The van der Waals surface area contributed by atoms with Crippen LogP contribution in [0.5, 0.6) is 0 Å². The van der Waals surface area contributed by atoms with Gasteiger partial charge in [-0.25, -0.2) is 0 Å². The van der Waals surface area contributed by atoms with E-state index in [1.54, 1.807) is 6.92 Å². The second-order valence-corrected chi connectivity index (χ2v) is 5.35. The average Bonchev–Trinajstić information content (AvgIpc) is 2.48. The monoisotopic (exact) mass is 332 g/mol. The number of nitrogens with zero attached hydrogens (tertiary/aromatic N) is 1. The summed E-state index contributed by atoms with van der Waals surface area (Å²) >= 11 is 11.6. The van der Waals surface area contributed by atoms with Gasteiger partial charge in [0.1, 0.15) is 6.04 Å². The maximum Gasteiger partial charge on any atom is 0.323 e. The highest BCUT2D eigenvalue weighted by Gasteiger charge is 2.15. The summed E-state index contributed by atoms with van der Waals surface area (Å²) in [6.45, 7) is 3.60. The van der Waals surface area contributed by atoms with E-state index in [-0.39, 0.29) is 5.97 Å². The Hall–Kier alpha value is -0.970. The molecule has 0 saturated heterocycles. The van der Waals surface area contributed by atoms with Crippen molar-refractivity contribution in [3.8, 4) is 0 Å². The number of hydrogen-bond donors (Lipinski definition) is 1. The standard InChI is InChI=1S/C15H22Cl2N2O2/c1-2-21-15(20)14(18)11-12-3-5-13(6-4-12)19(9-7-16)10-8-17/h3-6,14H,2,7-11,18H2,1H3. The third-order valence-electron chi connectivity index (χ3n) is 3.06. The van der Waals surface area contributed by atoms with Crippen LogP contribution in [0.4, 0.5) is 5.69 Å². The zero-order chi connectivity index (χ0) is 15.7. The molecular weight excluding hydrogens is 311 g/mol. The van der Waals surface area contributed by atoms with Crippen LogP contribution in [0, 0.1) is 0 Å². The molecule has 0 aliphatic rings. The first-order valence-corrected chi connectivity index (χ1v) is 8.07. The van der Waals surface area contributed by atoms with E-state index in [1.165, 1.54) is 0 Å². The molecule has 0 aliphatic carbocycles. The molecule has 0 fully saturated rings. The summed E-state index contributed by atoms with van der Waals surface area (Å²) in [5, 5.41) is 0. The van der Waals surface area contributed by atoms with Crippen molar-refractivity contribution in [1.82, 2.24) is 0 Å². The molecule has 0 spiro atoms. The van der Waals surface area contributed by atoms with E-state index in [0.29, 0.717) is 24.8 Å². The Labute approximate surface area is 136 Å². The number of carbonyl (C=O) groups is 1. The highest BCUT2D eigenvalue weighted by Crippen LogP contribution is 2.16. The number of hydrogen-bond acceptors (Lipinski definition) is 4. The van der Waals surface area contributed by atoms with Crippen molar-refractivity contribution in [3.05, 3.63) is 29.8 Å². The van der Waals surface area contributed by atoms with Crippen LogP contribution in [0.2, 0.25) is 0 Å². The second kappa shape index (κ2) is 9.87. The van der Waals surface area contributed by atoms with Crippen LogP contribution in [0.1, 0.15) is 12.5 Å². The lowest BCUT2D eigenvalue weighted by Gasteiger charge is -2.23. The van der Waals surface area contributed by atoms with Gasteiger partial charge in [-0.15, -0.1) is 23.2 Å². The third kappa shape index (κ3) is 6.12. The third-order valence-corrected chi connectivity index (χ3v) is 3.39. The maximum absolute atomic E-state index is 11.5. The zero-order valence-electron chi connectivity index (χ0n) is 12.2. The number of halogens is 2. The first kappa shape index (κ1) is 18.1. The highest BCUT2D eigenvalue weighted by atomic mass is 35.5. The van der Waals surface area contributed by atoms with Crippen LogP contribution < -0.4 is 10.6 Å². The summed E-state index contributed by atoms with van der Waals surface area (Å²) < 4.78 is 4.90. The van der Waals surface area contributed by atoms with Gasteiger partial charge in [0.25, 0.3) is 0 Å². The molecule has 0 aromatic heterocycles. The molecule has 1 unspecified atom stereocenters. The average molecular weight is 333 g/mol. The van der Waals surface area contributed by atoms with Crippen LogP contribution in [0.3, 0.4) is 0 Å². The van der Waals surface area contributed by atoms with Crippen LogP contribution in [-0.4, -0.2) is 43.5 Å². The molecule has 4 nitrogen and oxygen atoms in total. The van der Waals surface area contributed by atoms with Crippen LogP contribution in [0.15, 0.2) is 24.3 Å². The minimum absolute atomic E-state index is 0.345. The first-order chi connectivity index (χ1) is 10.1. The number of nitrogens with two attached hydrogens (primary N) is 1. The molecule has 118 valence electrons. The Morgan fingerprint density at radius 2 is 1.81 bits per heavy atom. The number of alkyl halides is 2. The van der Waals surface area contributed by atoms with Gasteiger partial charge in [0.05, 0.1) is 6.61 Å². The quantitative estimate of drug-likeness (QED) is 0.557. The predicted molar refractivity (Wildman–Crippen MR) is 88.4 cm³/mol.